The molecule has 0 aliphatic carbocycles. The van der Waals surface area contributed by atoms with Crippen LogP contribution in [0.2, 0.25) is 0 Å². The Morgan fingerprint density at radius 1 is 0.800 bits per heavy atom. The van der Waals surface area contributed by atoms with E-state index in [0.29, 0.717) is 26.4 Å². The molecular formula is C6H14O3Sm. The first-order valence-electron chi connectivity index (χ1n) is 2.97. The predicted molar refractivity (Wildman–Crippen MR) is 34.6 cm³/mol. The normalized spacial score (nSPS) is 9.00. The van der Waals surface area contributed by atoms with E-state index in [0.717, 1.165) is 0 Å². The molecular weight excluding hydrogens is 270 g/mol. The maximum absolute atomic E-state index is 5.06. The molecule has 0 heterocycles. The van der Waals surface area contributed by atoms with E-state index in [2.05, 4.69) is 0 Å². The summed E-state index contributed by atoms with van der Waals surface area (Å²) in [7, 11) is 3.30. The third-order valence-corrected chi connectivity index (χ3v) is 0.864. The Morgan fingerprint density at radius 3 is 1.50 bits per heavy atom. The molecule has 0 spiro atoms. The smallest absolute Gasteiger partial charge is 0.0701 e. The van der Waals surface area contributed by atoms with E-state index in [1.54, 1.807) is 14.2 Å². The summed E-state index contributed by atoms with van der Waals surface area (Å²) in [5, 5.41) is 0. The Hall–Kier alpha value is 1.22. The van der Waals surface area contributed by atoms with Crippen LogP contribution in [0.4, 0.5) is 0 Å². The van der Waals surface area contributed by atoms with Crippen molar-refractivity contribution in [2.24, 2.45) is 0 Å². The Balaban J connectivity index is 0. The molecule has 0 unspecified atom stereocenters. The minimum absolute atomic E-state index is 0. The predicted octanol–water partition coefficient (Wildman–Crippen LogP) is 0.296. The molecule has 0 aliphatic rings. The van der Waals surface area contributed by atoms with E-state index in [4.69, 9.17) is 14.2 Å². The second kappa shape index (κ2) is 12.9. The van der Waals surface area contributed by atoms with Crippen molar-refractivity contribution in [3.63, 3.8) is 0 Å². The van der Waals surface area contributed by atoms with Gasteiger partial charge in [0.25, 0.3) is 0 Å². The van der Waals surface area contributed by atoms with E-state index >= 15 is 0 Å². The topological polar surface area (TPSA) is 27.7 Å². The Kier molecular flexibility index (Phi) is 17.7. The number of rotatable bonds is 6. The van der Waals surface area contributed by atoms with Gasteiger partial charge in [-0.3, -0.25) is 0 Å². The standard InChI is InChI=1S/C6H14O3.Sm/c1-7-3-5-9-6-4-8-2;/h3-6H2,1-2H3;. The zero-order valence-corrected chi connectivity index (χ0v) is 9.08. The van der Waals surface area contributed by atoms with Gasteiger partial charge < -0.3 is 14.2 Å². The molecule has 0 saturated heterocycles. The van der Waals surface area contributed by atoms with E-state index in [9.17, 15) is 0 Å². The fraction of sp³-hybridized carbons (Fsp3) is 1.00. The van der Waals surface area contributed by atoms with Crippen LogP contribution in [-0.2, 0) is 14.2 Å². The molecule has 0 atom stereocenters. The Morgan fingerprint density at radius 2 is 1.20 bits per heavy atom. The molecule has 3 nitrogen and oxygen atoms in total. The van der Waals surface area contributed by atoms with E-state index in [1.165, 1.54) is 0 Å². The largest absolute Gasteiger partial charge is 0.382 e. The van der Waals surface area contributed by atoms with Crippen molar-refractivity contribution < 1.29 is 54.6 Å². The number of hydrogen-bond acceptors (Lipinski definition) is 3. The van der Waals surface area contributed by atoms with Gasteiger partial charge in [0.05, 0.1) is 26.4 Å². The summed E-state index contributed by atoms with van der Waals surface area (Å²) in [6, 6.07) is 0. The molecule has 0 rings (SSSR count). The van der Waals surface area contributed by atoms with Gasteiger partial charge in [-0.25, -0.2) is 0 Å². The van der Waals surface area contributed by atoms with Crippen LogP contribution in [0.15, 0.2) is 0 Å². The van der Waals surface area contributed by atoms with Crippen molar-refractivity contribution in [2.45, 2.75) is 0 Å². The van der Waals surface area contributed by atoms with Gasteiger partial charge in [0.2, 0.25) is 0 Å². The average Bonchev–Trinajstić information content (AvgIpc) is 1.89. The molecule has 0 aromatic carbocycles. The van der Waals surface area contributed by atoms with Gasteiger partial charge in [0.1, 0.15) is 0 Å². The molecule has 0 saturated carbocycles. The van der Waals surface area contributed by atoms with Gasteiger partial charge in [-0.1, -0.05) is 0 Å². The summed E-state index contributed by atoms with van der Waals surface area (Å²) in [6.45, 7) is 2.62. The monoisotopic (exact) mass is 286 g/mol. The first-order chi connectivity index (χ1) is 4.41. The van der Waals surface area contributed by atoms with Crippen molar-refractivity contribution in [3.8, 4) is 0 Å². The van der Waals surface area contributed by atoms with Crippen molar-refractivity contribution in [3.05, 3.63) is 0 Å². The van der Waals surface area contributed by atoms with Crippen molar-refractivity contribution in [1.29, 1.82) is 0 Å². The zero-order valence-electron chi connectivity index (χ0n) is 6.46. The molecule has 4 heteroatoms. The van der Waals surface area contributed by atoms with Crippen LogP contribution in [0.5, 0.6) is 0 Å². The van der Waals surface area contributed by atoms with Crippen LogP contribution in [0, 0.1) is 40.4 Å². The maximum Gasteiger partial charge on any atom is 0.0701 e. The second-order valence-corrected chi connectivity index (χ2v) is 1.60. The molecule has 62 valence electrons. The van der Waals surface area contributed by atoms with E-state index < -0.39 is 0 Å². The summed E-state index contributed by atoms with van der Waals surface area (Å²) in [5.41, 5.74) is 0. The molecule has 0 aromatic rings. The summed E-state index contributed by atoms with van der Waals surface area (Å²) in [6.07, 6.45) is 0. The molecule has 10 heavy (non-hydrogen) atoms. The molecule has 0 aliphatic heterocycles. The summed E-state index contributed by atoms with van der Waals surface area (Å²) in [5.74, 6) is 0. The van der Waals surface area contributed by atoms with Gasteiger partial charge in [-0.2, -0.15) is 0 Å². The van der Waals surface area contributed by atoms with Crippen LogP contribution < -0.4 is 0 Å². The molecule has 0 amide bonds. The Bertz CT molecular complexity index is 46.3. The summed E-state index contributed by atoms with van der Waals surface area (Å²) >= 11 is 0. The number of hydrogen-bond donors (Lipinski definition) is 0. The first-order valence-corrected chi connectivity index (χ1v) is 2.97. The van der Waals surface area contributed by atoms with Gasteiger partial charge in [0.15, 0.2) is 0 Å². The van der Waals surface area contributed by atoms with Gasteiger partial charge in [0, 0.05) is 54.6 Å². The van der Waals surface area contributed by atoms with Crippen molar-refractivity contribution in [2.75, 3.05) is 40.6 Å². The minimum atomic E-state index is 0. The zero-order chi connectivity index (χ0) is 6.95. The minimum Gasteiger partial charge on any atom is -0.382 e. The average molecular weight is 285 g/mol. The second-order valence-electron chi connectivity index (χ2n) is 1.60. The van der Waals surface area contributed by atoms with Crippen LogP contribution in [0.3, 0.4) is 0 Å². The summed E-state index contributed by atoms with van der Waals surface area (Å²) in [4.78, 5) is 0. The van der Waals surface area contributed by atoms with Crippen LogP contribution in [0.1, 0.15) is 0 Å². The quantitative estimate of drug-likeness (QED) is 0.657. The number of methoxy groups -OCH3 is 2. The van der Waals surface area contributed by atoms with Gasteiger partial charge in [-0.05, 0) is 0 Å². The van der Waals surface area contributed by atoms with Crippen molar-refractivity contribution in [1.82, 2.24) is 0 Å². The van der Waals surface area contributed by atoms with Crippen LogP contribution in [-0.4, -0.2) is 40.6 Å². The molecule has 0 aromatic heterocycles. The molecule has 0 N–H and O–H groups in total. The fourth-order valence-corrected chi connectivity index (χ4v) is 0.387. The van der Waals surface area contributed by atoms with Crippen LogP contribution >= 0.6 is 0 Å². The maximum atomic E-state index is 5.06. The first kappa shape index (κ1) is 13.8. The molecule has 0 fully saturated rings. The number of ether oxygens (including phenoxy) is 3. The third-order valence-electron chi connectivity index (χ3n) is 0.864. The summed E-state index contributed by atoms with van der Waals surface area (Å²) < 4.78 is 14.6. The SMILES string of the molecule is COCCOCCOC.[Sm]. The molecule has 0 radical (unpaired) electrons. The van der Waals surface area contributed by atoms with Crippen LogP contribution in [0.25, 0.3) is 0 Å². The van der Waals surface area contributed by atoms with Crippen molar-refractivity contribution >= 4 is 0 Å². The van der Waals surface area contributed by atoms with Gasteiger partial charge in [-0.15, -0.1) is 0 Å². The van der Waals surface area contributed by atoms with Gasteiger partial charge >= 0.3 is 0 Å². The fourth-order valence-electron chi connectivity index (χ4n) is 0.387. The molecule has 0 bridgehead atoms. The van der Waals surface area contributed by atoms with E-state index in [1.807, 2.05) is 0 Å². The van der Waals surface area contributed by atoms with E-state index in [-0.39, 0.29) is 40.4 Å². The Labute approximate surface area is 94.5 Å². The third kappa shape index (κ3) is 11.9.